The molecule has 1 fully saturated rings. The van der Waals surface area contributed by atoms with Gasteiger partial charge in [0.1, 0.15) is 0 Å². The van der Waals surface area contributed by atoms with Crippen molar-refractivity contribution in [3.8, 4) is 11.1 Å². The molecule has 1 nitrogen and oxygen atoms in total. The first-order valence-electron chi connectivity index (χ1n) is 9.41. The molecule has 0 N–H and O–H groups in total. The van der Waals surface area contributed by atoms with Gasteiger partial charge >= 0.3 is 160 Å². The standard InChI is InChI=1S/C23H28O.Cr/c1-17(2)22-14-9-18(3)15-23(22)24-16-19-10-12-21(13-11-19)20-7-5-4-6-8-20;/h4-8,10-13,17-18,22-23H,9,14-15H2,1-3H3;/t18-,22+,23-;/m1./s1. The summed E-state index contributed by atoms with van der Waals surface area (Å²) in [4.78, 5) is 0. The van der Waals surface area contributed by atoms with Gasteiger partial charge in [-0.05, 0) is 0 Å². The van der Waals surface area contributed by atoms with Gasteiger partial charge in [-0.3, -0.25) is 0 Å². The van der Waals surface area contributed by atoms with E-state index in [1.54, 1.807) is 0 Å². The first kappa shape index (κ1) is 18.6. The van der Waals surface area contributed by atoms with Crippen LogP contribution in [0.25, 0.3) is 11.1 Å². The van der Waals surface area contributed by atoms with Crippen molar-refractivity contribution in [1.82, 2.24) is 0 Å². The summed E-state index contributed by atoms with van der Waals surface area (Å²) in [5, 5.41) is 0. The zero-order valence-electron chi connectivity index (χ0n) is 15.4. The van der Waals surface area contributed by atoms with Gasteiger partial charge in [0.15, 0.2) is 0 Å². The van der Waals surface area contributed by atoms with Crippen molar-refractivity contribution in [2.24, 2.45) is 17.8 Å². The predicted molar refractivity (Wildman–Crippen MR) is 102 cm³/mol. The van der Waals surface area contributed by atoms with Crippen molar-refractivity contribution in [2.75, 3.05) is 0 Å². The van der Waals surface area contributed by atoms with Crippen molar-refractivity contribution < 1.29 is 20.6 Å². The van der Waals surface area contributed by atoms with Crippen LogP contribution < -0.4 is 0 Å². The molecule has 1 aliphatic rings. The van der Waals surface area contributed by atoms with Gasteiger partial charge in [0.2, 0.25) is 0 Å². The van der Waals surface area contributed by atoms with E-state index in [4.69, 9.17) is 4.74 Å². The first-order chi connectivity index (χ1) is 12.0. The van der Waals surface area contributed by atoms with Crippen LogP contribution in [-0.4, -0.2) is 10.7 Å². The molecule has 0 heterocycles. The Kier molecular flexibility index (Phi) is 6.29. The monoisotopic (exact) mass is 372 g/mol. The number of benzene rings is 2. The quantitative estimate of drug-likeness (QED) is 0.639. The van der Waals surface area contributed by atoms with Crippen molar-refractivity contribution >= 4 is 4.57 Å². The Morgan fingerprint density at radius 2 is 1.60 bits per heavy atom. The van der Waals surface area contributed by atoms with E-state index in [1.807, 2.05) is 0 Å². The second-order valence-electron chi connectivity index (χ2n) is 7.71. The molecule has 25 heavy (non-hydrogen) atoms. The molecule has 2 aromatic carbocycles. The van der Waals surface area contributed by atoms with Crippen LogP contribution in [0.15, 0.2) is 54.6 Å². The fourth-order valence-corrected chi connectivity index (χ4v) is 4.29. The maximum absolute atomic E-state index is 6.43. The Morgan fingerprint density at radius 1 is 0.960 bits per heavy atom. The zero-order chi connectivity index (χ0) is 17.8. The van der Waals surface area contributed by atoms with Crippen LogP contribution in [0.1, 0.15) is 45.6 Å². The molecule has 0 aromatic heterocycles. The normalized spacial score (nSPS) is 23.6. The summed E-state index contributed by atoms with van der Waals surface area (Å²) >= 11 is 3.17. The Hall–Kier alpha value is -1.20. The summed E-state index contributed by atoms with van der Waals surface area (Å²) in [6.07, 6.45) is 4.10. The van der Waals surface area contributed by atoms with Crippen LogP contribution in [0.2, 0.25) is 0 Å². The minimum absolute atomic E-state index is 0.328. The number of hydrogen-bond acceptors (Lipinski definition) is 1. The molecule has 0 saturated heterocycles. The summed E-state index contributed by atoms with van der Waals surface area (Å²) in [6.45, 7) is 7.00. The van der Waals surface area contributed by atoms with Crippen LogP contribution in [0.4, 0.5) is 0 Å². The number of hydrogen-bond donors (Lipinski definition) is 0. The molecular formula is C23H28CrO. The average Bonchev–Trinajstić information content (AvgIpc) is 2.62. The van der Waals surface area contributed by atoms with Crippen LogP contribution >= 0.6 is 0 Å². The zero-order valence-corrected chi connectivity index (χ0v) is 16.7. The molecule has 2 aromatic rings. The van der Waals surface area contributed by atoms with Crippen molar-refractivity contribution in [3.63, 3.8) is 0 Å². The van der Waals surface area contributed by atoms with E-state index >= 15 is 0 Å². The van der Waals surface area contributed by atoms with E-state index in [0.717, 1.165) is 22.5 Å². The third-order valence-corrected chi connectivity index (χ3v) is 5.97. The van der Waals surface area contributed by atoms with Gasteiger partial charge < -0.3 is 0 Å². The van der Waals surface area contributed by atoms with Crippen molar-refractivity contribution in [3.05, 3.63) is 60.2 Å². The molecule has 1 saturated carbocycles. The Balaban J connectivity index is 1.70. The van der Waals surface area contributed by atoms with Crippen LogP contribution in [0, 0.1) is 17.8 Å². The first-order valence-corrected chi connectivity index (χ1v) is 10.0. The molecular weight excluding hydrogens is 344 g/mol. The summed E-state index contributed by atoms with van der Waals surface area (Å²) in [6, 6.07) is 19.2. The Labute approximate surface area is 160 Å². The van der Waals surface area contributed by atoms with Gasteiger partial charge in [0.25, 0.3) is 0 Å². The molecule has 3 atom stereocenters. The maximum atomic E-state index is 6.43. The fraction of sp³-hybridized carbons (Fsp3) is 0.435. The molecule has 2 heteroatoms. The minimum atomic E-state index is 0.328. The van der Waals surface area contributed by atoms with Gasteiger partial charge in [-0.25, -0.2) is 0 Å². The van der Waals surface area contributed by atoms with E-state index in [0.29, 0.717) is 17.9 Å². The molecule has 1 aliphatic carbocycles. The van der Waals surface area contributed by atoms with E-state index in [-0.39, 0.29) is 0 Å². The molecule has 0 spiro atoms. The van der Waals surface area contributed by atoms with Gasteiger partial charge in [0.05, 0.1) is 0 Å². The molecule has 0 aliphatic heterocycles. The Morgan fingerprint density at radius 3 is 2.24 bits per heavy atom. The summed E-state index contributed by atoms with van der Waals surface area (Å²) in [5.41, 5.74) is 3.63. The second-order valence-corrected chi connectivity index (χ2v) is 8.29. The SMILES string of the molecule is CC(C)[C@@H]1CC[C@@H](C)C[C@H]1O[C](=[Cr])c1ccc(-c2ccccc2)cc1. The molecule has 0 unspecified atom stereocenters. The van der Waals surface area contributed by atoms with Gasteiger partial charge in [0, 0.05) is 0 Å². The molecule has 3 rings (SSSR count). The van der Waals surface area contributed by atoms with Crippen LogP contribution in [0.3, 0.4) is 0 Å². The van der Waals surface area contributed by atoms with Crippen molar-refractivity contribution in [1.29, 1.82) is 0 Å². The van der Waals surface area contributed by atoms with Crippen molar-refractivity contribution in [2.45, 2.75) is 46.1 Å². The van der Waals surface area contributed by atoms with Gasteiger partial charge in [-0.1, -0.05) is 0 Å². The van der Waals surface area contributed by atoms with E-state index in [2.05, 4.69) is 91.2 Å². The topological polar surface area (TPSA) is 9.23 Å². The number of ether oxygens (including phenoxy) is 1. The molecule has 0 radical (unpaired) electrons. The third kappa shape index (κ3) is 4.70. The molecule has 132 valence electrons. The second kappa shape index (κ2) is 8.46. The third-order valence-electron chi connectivity index (χ3n) is 5.45. The van der Waals surface area contributed by atoms with E-state index in [9.17, 15) is 0 Å². The van der Waals surface area contributed by atoms with Gasteiger partial charge in [-0.15, -0.1) is 0 Å². The number of rotatable bonds is 5. The van der Waals surface area contributed by atoms with Crippen LogP contribution in [0.5, 0.6) is 0 Å². The van der Waals surface area contributed by atoms with Gasteiger partial charge in [-0.2, -0.15) is 0 Å². The summed E-state index contributed by atoms with van der Waals surface area (Å²) in [5.74, 6) is 2.09. The summed E-state index contributed by atoms with van der Waals surface area (Å²) < 4.78 is 7.36. The summed E-state index contributed by atoms with van der Waals surface area (Å²) in [7, 11) is 0. The predicted octanol–water partition coefficient (Wildman–Crippen LogP) is 5.86. The van der Waals surface area contributed by atoms with E-state index in [1.165, 1.54) is 24.0 Å². The fourth-order valence-electron chi connectivity index (χ4n) is 3.89. The molecule has 0 bridgehead atoms. The molecule has 0 amide bonds. The Bertz CT molecular complexity index is 690. The average molecular weight is 372 g/mol. The van der Waals surface area contributed by atoms with Crippen LogP contribution in [-0.2, 0) is 20.6 Å². The van der Waals surface area contributed by atoms with E-state index < -0.39 is 0 Å².